The van der Waals surface area contributed by atoms with E-state index < -0.39 is 0 Å². The van der Waals surface area contributed by atoms with Gasteiger partial charge in [-0.15, -0.1) is 0 Å². The molecule has 2 aliphatic rings. The Morgan fingerprint density at radius 3 is 2.22 bits per heavy atom. The molecule has 1 saturated heterocycles. The van der Waals surface area contributed by atoms with Crippen molar-refractivity contribution in [2.75, 3.05) is 18.4 Å². The minimum Gasteiger partial charge on any atom is -0.318 e. The number of urea groups is 1. The molecule has 0 radical (unpaired) electrons. The van der Waals surface area contributed by atoms with Crippen LogP contribution < -0.4 is 5.32 Å². The summed E-state index contributed by atoms with van der Waals surface area (Å²) in [5.74, 6) is 0. The summed E-state index contributed by atoms with van der Waals surface area (Å²) in [7, 11) is 0. The predicted molar refractivity (Wildman–Crippen MR) is 113 cm³/mol. The second-order valence-electron chi connectivity index (χ2n) is 8.79. The van der Waals surface area contributed by atoms with E-state index in [4.69, 9.17) is 0 Å². The zero-order chi connectivity index (χ0) is 19.4. The molecule has 0 unspecified atom stereocenters. The van der Waals surface area contributed by atoms with Crippen LogP contribution in [0, 0.1) is 13.8 Å². The van der Waals surface area contributed by atoms with Crippen molar-refractivity contribution < 1.29 is 4.79 Å². The van der Waals surface area contributed by atoms with E-state index in [9.17, 15) is 4.79 Å². The number of amides is 2. The van der Waals surface area contributed by atoms with Gasteiger partial charge in [-0.2, -0.15) is 0 Å². The summed E-state index contributed by atoms with van der Waals surface area (Å²) in [5.41, 5.74) is 3.41. The summed E-state index contributed by atoms with van der Waals surface area (Å²) in [6.07, 6.45) is 8.32. The highest BCUT2D eigenvalue weighted by molar-refractivity contribution is 5.90. The van der Waals surface area contributed by atoms with Gasteiger partial charge in [0.25, 0.3) is 0 Å². The largest absolute Gasteiger partial charge is 0.322 e. The van der Waals surface area contributed by atoms with Crippen LogP contribution >= 0.6 is 0 Å². The molecule has 1 aromatic carbocycles. The van der Waals surface area contributed by atoms with Gasteiger partial charge in [-0.1, -0.05) is 25.3 Å². The molecule has 150 valence electrons. The molecule has 4 nitrogen and oxygen atoms in total. The maximum atomic E-state index is 13.3. The summed E-state index contributed by atoms with van der Waals surface area (Å²) >= 11 is 0. The van der Waals surface area contributed by atoms with Gasteiger partial charge in [0.1, 0.15) is 0 Å². The topological polar surface area (TPSA) is 35.6 Å². The van der Waals surface area contributed by atoms with Gasteiger partial charge < -0.3 is 15.1 Å². The van der Waals surface area contributed by atoms with Gasteiger partial charge in [0.05, 0.1) is 0 Å². The van der Waals surface area contributed by atoms with Crippen molar-refractivity contribution >= 4 is 11.7 Å². The van der Waals surface area contributed by atoms with Crippen molar-refractivity contribution in [3.63, 3.8) is 0 Å². The Morgan fingerprint density at radius 2 is 1.63 bits per heavy atom. The third kappa shape index (κ3) is 5.04. The average Bonchev–Trinajstić information content (AvgIpc) is 2.66. The van der Waals surface area contributed by atoms with Crippen molar-refractivity contribution in [1.82, 2.24) is 9.80 Å². The molecule has 3 rings (SSSR count). The fourth-order valence-electron chi connectivity index (χ4n) is 4.68. The van der Waals surface area contributed by atoms with Crippen LogP contribution in [0.5, 0.6) is 0 Å². The number of aryl methyl sites for hydroxylation is 2. The fourth-order valence-corrected chi connectivity index (χ4v) is 4.68. The lowest BCUT2D eigenvalue weighted by molar-refractivity contribution is 0.0773. The lowest BCUT2D eigenvalue weighted by Gasteiger charge is -2.44. The van der Waals surface area contributed by atoms with E-state index >= 15 is 0 Å². The lowest BCUT2D eigenvalue weighted by Crippen LogP contribution is -2.54. The van der Waals surface area contributed by atoms with Gasteiger partial charge in [0, 0.05) is 36.9 Å². The highest BCUT2D eigenvalue weighted by Crippen LogP contribution is 2.29. The number of rotatable bonds is 4. The van der Waals surface area contributed by atoms with Crippen molar-refractivity contribution in [2.45, 2.75) is 90.8 Å². The van der Waals surface area contributed by atoms with Crippen molar-refractivity contribution in [3.05, 3.63) is 29.3 Å². The van der Waals surface area contributed by atoms with Crippen LogP contribution in [0.4, 0.5) is 10.5 Å². The normalized spacial score (nSPS) is 20.0. The maximum Gasteiger partial charge on any atom is 0.322 e. The van der Waals surface area contributed by atoms with Gasteiger partial charge >= 0.3 is 6.03 Å². The summed E-state index contributed by atoms with van der Waals surface area (Å²) in [6, 6.07) is 7.69. The van der Waals surface area contributed by atoms with Crippen LogP contribution in [0.3, 0.4) is 0 Å². The molecule has 0 aromatic heterocycles. The number of piperidine rings is 1. The van der Waals surface area contributed by atoms with Crippen LogP contribution in [0.25, 0.3) is 0 Å². The number of benzene rings is 1. The summed E-state index contributed by atoms with van der Waals surface area (Å²) in [4.78, 5) is 18.1. The highest BCUT2D eigenvalue weighted by Gasteiger charge is 2.34. The average molecular weight is 372 g/mol. The standard InChI is InChI=1S/C23H37N3O/c1-17(2)25-14-12-22(13-15-25)26(21-8-6-5-7-9-21)23(27)24-20-11-10-18(3)19(4)16-20/h10-11,16-17,21-22H,5-9,12-15H2,1-4H3,(H,24,27). The molecule has 2 amide bonds. The van der Waals surface area contributed by atoms with Crippen molar-refractivity contribution in [1.29, 1.82) is 0 Å². The Hall–Kier alpha value is -1.55. The maximum absolute atomic E-state index is 13.3. The minimum absolute atomic E-state index is 0.105. The molecule has 0 bridgehead atoms. The number of hydrogen-bond acceptors (Lipinski definition) is 2. The van der Waals surface area contributed by atoms with Crippen LogP contribution in [0.15, 0.2) is 18.2 Å². The molecule has 1 N–H and O–H groups in total. The Balaban J connectivity index is 1.73. The van der Waals surface area contributed by atoms with Crippen LogP contribution in [0.2, 0.25) is 0 Å². The number of nitrogens with one attached hydrogen (secondary N) is 1. The van der Waals surface area contributed by atoms with Crippen molar-refractivity contribution in [2.24, 2.45) is 0 Å². The molecular formula is C23H37N3O. The Labute approximate surface area is 165 Å². The zero-order valence-corrected chi connectivity index (χ0v) is 17.6. The van der Waals surface area contributed by atoms with Gasteiger partial charge in [-0.3, -0.25) is 0 Å². The second kappa shape index (κ2) is 9.09. The van der Waals surface area contributed by atoms with Crippen LogP contribution in [0.1, 0.15) is 69.9 Å². The smallest absolute Gasteiger partial charge is 0.318 e. The molecule has 1 aromatic rings. The molecule has 4 heteroatoms. The highest BCUT2D eigenvalue weighted by atomic mass is 16.2. The molecule has 1 saturated carbocycles. The Kier molecular flexibility index (Phi) is 6.80. The van der Waals surface area contributed by atoms with E-state index in [0.717, 1.165) is 44.5 Å². The van der Waals surface area contributed by atoms with E-state index in [-0.39, 0.29) is 6.03 Å². The zero-order valence-electron chi connectivity index (χ0n) is 17.6. The monoisotopic (exact) mass is 371 g/mol. The lowest BCUT2D eigenvalue weighted by atomic mass is 9.91. The molecule has 27 heavy (non-hydrogen) atoms. The van der Waals surface area contributed by atoms with Crippen molar-refractivity contribution in [3.8, 4) is 0 Å². The van der Waals surface area contributed by atoms with Crippen LogP contribution in [-0.2, 0) is 0 Å². The van der Waals surface area contributed by atoms with Crippen LogP contribution in [-0.4, -0.2) is 47.0 Å². The molecular weight excluding hydrogens is 334 g/mol. The predicted octanol–water partition coefficient (Wildman–Crippen LogP) is 5.34. The quantitative estimate of drug-likeness (QED) is 0.775. The third-order valence-corrected chi connectivity index (χ3v) is 6.58. The summed E-state index contributed by atoms with van der Waals surface area (Å²) in [6.45, 7) is 10.9. The summed E-state index contributed by atoms with van der Waals surface area (Å²) in [5, 5.41) is 3.21. The molecule has 0 atom stereocenters. The first kappa shape index (κ1) is 20.2. The van der Waals surface area contributed by atoms with Gasteiger partial charge in [-0.25, -0.2) is 4.79 Å². The first-order chi connectivity index (χ1) is 13.0. The second-order valence-corrected chi connectivity index (χ2v) is 8.79. The van der Waals surface area contributed by atoms with Gasteiger partial charge in [0.2, 0.25) is 0 Å². The van der Waals surface area contributed by atoms with E-state index in [2.05, 4.69) is 54.9 Å². The molecule has 1 aliphatic heterocycles. The van der Waals surface area contributed by atoms with E-state index in [0.29, 0.717) is 18.1 Å². The Morgan fingerprint density at radius 1 is 1.00 bits per heavy atom. The number of carbonyl (C=O) groups excluding carboxylic acids is 1. The first-order valence-electron chi connectivity index (χ1n) is 10.9. The molecule has 2 fully saturated rings. The van der Waals surface area contributed by atoms with E-state index in [1.54, 1.807) is 0 Å². The van der Waals surface area contributed by atoms with E-state index in [1.807, 2.05) is 6.07 Å². The first-order valence-corrected chi connectivity index (χ1v) is 10.9. The van der Waals surface area contributed by atoms with Gasteiger partial charge in [-0.05, 0) is 76.6 Å². The number of anilines is 1. The molecule has 1 heterocycles. The molecule has 0 spiro atoms. The minimum atomic E-state index is 0.105. The Bertz CT molecular complexity index is 629. The number of likely N-dealkylation sites (tertiary alicyclic amines) is 1. The third-order valence-electron chi connectivity index (χ3n) is 6.58. The SMILES string of the molecule is Cc1ccc(NC(=O)N(C2CCCCC2)C2CCN(C(C)C)CC2)cc1C. The fraction of sp³-hybridized carbons (Fsp3) is 0.696. The number of hydrogen-bond donors (Lipinski definition) is 1. The number of nitrogens with zero attached hydrogens (tertiary/aromatic N) is 2. The summed E-state index contributed by atoms with van der Waals surface area (Å²) < 4.78 is 0. The van der Waals surface area contributed by atoms with E-state index in [1.165, 1.54) is 30.4 Å². The molecule has 1 aliphatic carbocycles. The van der Waals surface area contributed by atoms with Gasteiger partial charge in [0.15, 0.2) is 0 Å². The number of carbonyl (C=O) groups is 1.